The van der Waals surface area contributed by atoms with Gasteiger partial charge in [-0.1, -0.05) is 109 Å². The van der Waals surface area contributed by atoms with Crippen molar-refractivity contribution in [2.75, 3.05) is 14.1 Å². The van der Waals surface area contributed by atoms with Crippen LogP contribution in [0.5, 0.6) is 0 Å². The summed E-state index contributed by atoms with van der Waals surface area (Å²) in [6.45, 7) is 4.51. The molecule has 1 unspecified atom stereocenters. The minimum Gasteiger partial charge on any atom is -0.306 e. The average molecular weight is 366 g/mol. The molecule has 0 fully saturated rings. The Hall–Kier alpha value is -0.300. The highest BCUT2D eigenvalue weighted by molar-refractivity contribution is 4.79. The molecule has 0 spiro atoms. The molecule has 0 aromatic carbocycles. The van der Waals surface area contributed by atoms with Crippen LogP contribution in [0.25, 0.3) is 0 Å². The monoisotopic (exact) mass is 365 g/mol. The Labute approximate surface area is 167 Å². The van der Waals surface area contributed by atoms with Gasteiger partial charge in [0.2, 0.25) is 0 Å². The summed E-state index contributed by atoms with van der Waals surface area (Å²) in [4.78, 5) is 2.47. The van der Waals surface area contributed by atoms with Crippen molar-refractivity contribution in [2.45, 2.75) is 135 Å². The maximum absolute atomic E-state index is 2.47. The van der Waals surface area contributed by atoms with Crippen molar-refractivity contribution in [2.24, 2.45) is 0 Å². The molecule has 1 atom stereocenters. The first-order valence-electron chi connectivity index (χ1n) is 12.0. The van der Waals surface area contributed by atoms with E-state index in [9.17, 15) is 0 Å². The van der Waals surface area contributed by atoms with Crippen molar-refractivity contribution in [1.82, 2.24) is 4.90 Å². The number of allylic oxidation sites excluding steroid dienone is 2. The van der Waals surface area contributed by atoms with Crippen LogP contribution < -0.4 is 0 Å². The number of rotatable bonds is 20. The third kappa shape index (κ3) is 18.5. The van der Waals surface area contributed by atoms with E-state index in [0.29, 0.717) is 0 Å². The van der Waals surface area contributed by atoms with Gasteiger partial charge >= 0.3 is 0 Å². The van der Waals surface area contributed by atoms with Gasteiger partial charge in [0.15, 0.2) is 0 Å². The molecule has 0 saturated heterocycles. The van der Waals surface area contributed by atoms with Crippen LogP contribution in [0.4, 0.5) is 0 Å². The summed E-state index contributed by atoms with van der Waals surface area (Å²) in [5, 5.41) is 0. The Kier molecular flexibility index (Phi) is 20.8. The molecule has 0 aromatic heterocycles. The number of hydrogen-bond acceptors (Lipinski definition) is 1. The zero-order valence-corrected chi connectivity index (χ0v) is 18.9. The quantitative estimate of drug-likeness (QED) is 0.154. The third-order valence-electron chi connectivity index (χ3n) is 5.68. The highest BCUT2D eigenvalue weighted by Crippen LogP contribution is 2.17. The Morgan fingerprint density at radius 1 is 0.577 bits per heavy atom. The molecule has 0 aromatic rings. The SMILES string of the molecule is CCC=CCCCCCCCCCC(CCCCCCCCC)N(C)C. The van der Waals surface area contributed by atoms with Gasteiger partial charge in [-0.25, -0.2) is 0 Å². The molecule has 0 rings (SSSR count). The van der Waals surface area contributed by atoms with Crippen LogP contribution in [0.3, 0.4) is 0 Å². The standard InChI is InChI=1S/C25H51N/c1-5-7-9-11-13-14-15-16-18-20-22-24-25(26(3)4)23-21-19-17-12-10-8-6-2/h7,9,25H,5-6,8,10-24H2,1-4H3. The van der Waals surface area contributed by atoms with Gasteiger partial charge in [-0.3, -0.25) is 0 Å². The maximum atomic E-state index is 2.47. The van der Waals surface area contributed by atoms with Gasteiger partial charge in [0.05, 0.1) is 0 Å². The van der Waals surface area contributed by atoms with Gasteiger partial charge in [0.1, 0.15) is 0 Å². The van der Waals surface area contributed by atoms with E-state index in [2.05, 4.69) is 45.0 Å². The molecule has 0 amide bonds. The lowest BCUT2D eigenvalue weighted by molar-refractivity contribution is 0.251. The van der Waals surface area contributed by atoms with E-state index in [1.165, 1.54) is 116 Å². The predicted molar refractivity (Wildman–Crippen MR) is 121 cm³/mol. The van der Waals surface area contributed by atoms with Crippen molar-refractivity contribution >= 4 is 0 Å². The molecule has 0 bridgehead atoms. The molecule has 0 radical (unpaired) electrons. The first-order valence-corrected chi connectivity index (χ1v) is 12.0. The van der Waals surface area contributed by atoms with Crippen molar-refractivity contribution in [3.05, 3.63) is 12.2 Å². The highest BCUT2D eigenvalue weighted by atomic mass is 15.1. The molecule has 0 heterocycles. The highest BCUT2D eigenvalue weighted by Gasteiger charge is 2.10. The Morgan fingerprint density at radius 2 is 1.04 bits per heavy atom. The maximum Gasteiger partial charge on any atom is 0.00891 e. The van der Waals surface area contributed by atoms with Crippen LogP contribution in [0.15, 0.2) is 12.2 Å². The fourth-order valence-electron chi connectivity index (χ4n) is 3.81. The summed E-state index contributed by atoms with van der Waals surface area (Å²) in [7, 11) is 4.55. The second-order valence-electron chi connectivity index (χ2n) is 8.46. The lowest BCUT2D eigenvalue weighted by Crippen LogP contribution is -2.27. The van der Waals surface area contributed by atoms with E-state index in [0.717, 1.165) is 6.04 Å². The van der Waals surface area contributed by atoms with Crippen LogP contribution in [0.2, 0.25) is 0 Å². The zero-order valence-electron chi connectivity index (χ0n) is 18.9. The third-order valence-corrected chi connectivity index (χ3v) is 5.68. The summed E-state index contributed by atoms with van der Waals surface area (Å²) in [5.74, 6) is 0. The first kappa shape index (κ1) is 25.7. The molecule has 26 heavy (non-hydrogen) atoms. The Bertz CT molecular complexity index is 282. The van der Waals surface area contributed by atoms with Crippen molar-refractivity contribution in [3.63, 3.8) is 0 Å². The summed E-state index contributed by atoms with van der Waals surface area (Å²) in [6.07, 6.45) is 30.0. The van der Waals surface area contributed by atoms with Crippen LogP contribution in [0, 0.1) is 0 Å². The molecule has 1 nitrogen and oxygen atoms in total. The number of hydrogen-bond donors (Lipinski definition) is 0. The molecular weight excluding hydrogens is 314 g/mol. The molecule has 0 N–H and O–H groups in total. The normalized spacial score (nSPS) is 13.1. The van der Waals surface area contributed by atoms with Gasteiger partial charge in [0, 0.05) is 6.04 Å². The predicted octanol–water partition coefficient (Wildman–Crippen LogP) is 8.53. The smallest absolute Gasteiger partial charge is 0.00891 e. The Morgan fingerprint density at radius 3 is 1.50 bits per heavy atom. The summed E-state index contributed by atoms with van der Waals surface area (Å²) >= 11 is 0. The summed E-state index contributed by atoms with van der Waals surface area (Å²) in [6, 6.07) is 0.816. The minimum absolute atomic E-state index is 0.816. The number of nitrogens with zero attached hydrogens (tertiary/aromatic N) is 1. The van der Waals surface area contributed by atoms with Crippen LogP contribution in [-0.2, 0) is 0 Å². The second-order valence-corrected chi connectivity index (χ2v) is 8.46. The fourth-order valence-corrected chi connectivity index (χ4v) is 3.81. The van der Waals surface area contributed by atoms with Crippen molar-refractivity contribution < 1.29 is 0 Å². The molecule has 0 saturated carbocycles. The molecular formula is C25H51N. The first-order chi connectivity index (χ1) is 12.7. The van der Waals surface area contributed by atoms with Gasteiger partial charge in [-0.05, 0) is 46.2 Å². The van der Waals surface area contributed by atoms with Gasteiger partial charge < -0.3 is 4.90 Å². The molecule has 0 aliphatic rings. The van der Waals surface area contributed by atoms with Gasteiger partial charge in [-0.2, -0.15) is 0 Å². The van der Waals surface area contributed by atoms with E-state index < -0.39 is 0 Å². The zero-order chi connectivity index (χ0) is 19.3. The van der Waals surface area contributed by atoms with Gasteiger partial charge in [0.25, 0.3) is 0 Å². The van der Waals surface area contributed by atoms with E-state index in [4.69, 9.17) is 0 Å². The summed E-state index contributed by atoms with van der Waals surface area (Å²) < 4.78 is 0. The van der Waals surface area contributed by atoms with Crippen LogP contribution in [0.1, 0.15) is 129 Å². The number of unbranched alkanes of at least 4 members (excludes halogenated alkanes) is 13. The van der Waals surface area contributed by atoms with Crippen LogP contribution >= 0.6 is 0 Å². The minimum atomic E-state index is 0.816. The fraction of sp³-hybridized carbons (Fsp3) is 0.920. The second kappa shape index (κ2) is 21.0. The molecule has 0 aliphatic carbocycles. The van der Waals surface area contributed by atoms with E-state index in [-0.39, 0.29) is 0 Å². The van der Waals surface area contributed by atoms with E-state index in [1.54, 1.807) is 0 Å². The van der Waals surface area contributed by atoms with Crippen molar-refractivity contribution in [1.29, 1.82) is 0 Å². The lowest BCUT2D eigenvalue weighted by atomic mass is 9.99. The molecule has 0 aliphatic heterocycles. The molecule has 156 valence electrons. The largest absolute Gasteiger partial charge is 0.306 e. The topological polar surface area (TPSA) is 3.24 Å². The Balaban J connectivity index is 3.47. The van der Waals surface area contributed by atoms with E-state index in [1.807, 2.05) is 0 Å². The molecule has 1 heteroatoms. The van der Waals surface area contributed by atoms with E-state index >= 15 is 0 Å². The average Bonchev–Trinajstić information content (AvgIpc) is 2.63. The van der Waals surface area contributed by atoms with Crippen LogP contribution in [-0.4, -0.2) is 25.0 Å². The summed E-state index contributed by atoms with van der Waals surface area (Å²) in [5.41, 5.74) is 0. The lowest BCUT2D eigenvalue weighted by Gasteiger charge is -2.24. The van der Waals surface area contributed by atoms with Gasteiger partial charge in [-0.15, -0.1) is 0 Å². The van der Waals surface area contributed by atoms with Crippen molar-refractivity contribution in [3.8, 4) is 0 Å².